The molecule has 23 heavy (non-hydrogen) atoms. The van der Waals surface area contributed by atoms with Gasteiger partial charge < -0.3 is 10.4 Å². The first-order valence-corrected chi connectivity index (χ1v) is 7.62. The number of aryl methyl sites for hydroxylation is 1. The fourth-order valence-electron chi connectivity index (χ4n) is 2.45. The number of aliphatic carboxylic acids is 1. The first-order valence-electron chi connectivity index (χ1n) is 7.62. The van der Waals surface area contributed by atoms with Gasteiger partial charge in [0, 0.05) is 12.8 Å². The molecule has 1 amide bonds. The maximum absolute atomic E-state index is 12.2. The molecule has 0 aliphatic heterocycles. The summed E-state index contributed by atoms with van der Waals surface area (Å²) < 4.78 is 0. The van der Waals surface area contributed by atoms with E-state index in [2.05, 4.69) is 5.32 Å². The SMILES string of the molecule is CC(Cc1ccccc1)(NC(=O)CCc1ccccc1)C(=O)O. The van der Waals surface area contributed by atoms with E-state index in [4.69, 9.17) is 0 Å². The molecule has 2 rings (SSSR count). The molecule has 0 aliphatic carbocycles. The van der Waals surface area contributed by atoms with Crippen LogP contribution in [-0.4, -0.2) is 22.5 Å². The van der Waals surface area contributed by atoms with Crippen LogP contribution >= 0.6 is 0 Å². The van der Waals surface area contributed by atoms with Gasteiger partial charge in [-0.25, -0.2) is 4.79 Å². The molecule has 0 heterocycles. The van der Waals surface area contributed by atoms with Crippen LogP contribution in [0, 0.1) is 0 Å². The van der Waals surface area contributed by atoms with Gasteiger partial charge in [0.15, 0.2) is 0 Å². The molecule has 1 atom stereocenters. The zero-order chi connectivity index (χ0) is 16.7. The van der Waals surface area contributed by atoms with Crippen LogP contribution in [0.3, 0.4) is 0 Å². The number of carbonyl (C=O) groups is 2. The lowest BCUT2D eigenvalue weighted by Crippen LogP contribution is -2.53. The average Bonchev–Trinajstić information content (AvgIpc) is 2.54. The van der Waals surface area contributed by atoms with Crippen molar-refractivity contribution in [1.29, 1.82) is 0 Å². The first-order chi connectivity index (χ1) is 11.0. The summed E-state index contributed by atoms with van der Waals surface area (Å²) in [6.45, 7) is 1.54. The van der Waals surface area contributed by atoms with Crippen molar-refractivity contribution in [2.45, 2.75) is 31.7 Å². The van der Waals surface area contributed by atoms with Crippen LogP contribution in [0.1, 0.15) is 24.5 Å². The number of nitrogens with one attached hydrogen (secondary N) is 1. The number of carboxylic acid groups (broad SMARTS) is 1. The molecule has 2 aromatic carbocycles. The van der Waals surface area contributed by atoms with E-state index < -0.39 is 11.5 Å². The van der Waals surface area contributed by atoms with Gasteiger partial charge in [-0.15, -0.1) is 0 Å². The smallest absolute Gasteiger partial charge is 0.329 e. The zero-order valence-corrected chi connectivity index (χ0v) is 13.2. The van der Waals surface area contributed by atoms with Crippen molar-refractivity contribution >= 4 is 11.9 Å². The first kappa shape index (κ1) is 16.7. The Balaban J connectivity index is 1.98. The van der Waals surface area contributed by atoms with Gasteiger partial charge in [0.1, 0.15) is 5.54 Å². The number of amides is 1. The highest BCUT2D eigenvalue weighted by molar-refractivity contribution is 5.87. The average molecular weight is 311 g/mol. The summed E-state index contributed by atoms with van der Waals surface area (Å²) in [7, 11) is 0. The maximum atomic E-state index is 12.2. The second kappa shape index (κ2) is 7.58. The molecule has 0 bridgehead atoms. The Bertz CT molecular complexity index is 655. The minimum Gasteiger partial charge on any atom is -0.480 e. The Kier molecular flexibility index (Phi) is 5.52. The van der Waals surface area contributed by atoms with Gasteiger partial charge >= 0.3 is 5.97 Å². The van der Waals surface area contributed by atoms with Crippen molar-refractivity contribution in [2.75, 3.05) is 0 Å². The third kappa shape index (κ3) is 4.95. The van der Waals surface area contributed by atoms with Crippen LogP contribution in [0.15, 0.2) is 60.7 Å². The summed E-state index contributed by atoms with van der Waals surface area (Å²) in [5, 5.41) is 12.2. The minimum absolute atomic E-state index is 0.250. The molecule has 0 fully saturated rings. The summed E-state index contributed by atoms with van der Waals surface area (Å²) in [6.07, 6.45) is 1.11. The highest BCUT2D eigenvalue weighted by Gasteiger charge is 2.34. The fraction of sp³-hybridized carbons (Fsp3) is 0.263. The molecule has 120 valence electrons. The molecule has 2 N–H and O–H groups in total. The molecule has 4 heteroatoms. The quantitative estimate of drug-likeness (QED) is 0.826. The molecule has 0 aromatic heterocycles. The summed E-state index contributed by atoms with van der Waals surface area (Å²) in [4.78, 5) is 23.8. The largest absolute Gasteiger partial charge is 0.480 e. The summed E-state index contributed by atoms with van der Waals surface area (Å²) >= 11 is 0. The van der Waals surface area contributed by atoms with E-state index in [-0.39, 0.29) is 18.7 Å². The molecule has 2 aromatic rings. The van der Waals surface area contributed by atoms with E-state index in [9.17, 15) is 14.7 Å². The highest BCUT2D eigenvalue weighted by Crippen LogP contribution is 2.14. The molecule has 0 radical (unpaired) electrons. The topological polar surface area (TPSA) is 66.4 Å². The number of carbonyl (C=O) groups excluding carboxylic acids is 1. The van der Waals surface area contributed by atoms with E-state index in [1.54, 1.807) is 6.92 Å². The van der Waals surface area contributed by atoms with Crippen LogP contribution in [0.5, 0.6) is 0 Å². The van der Waals surface area contributed by atoms with Crippen LogP contribution < -0.4 is 5.32 Å². The Morgan fingerprint density at radius 1 is 0.957 bits per heavy atom. The van der Waals surface area contributed by atoms with Crippen molar-refractivity contribution in [3.05, 3.63) is 71.8 Å². The number of carboxylic acids is 1. The fourth-order valence-corrected chi connectivity index (χ4v) is 2.45. The Labute approximate surface area is 136 Å². The second-order valence-electron chi connectivity index (χ2n) is 5.83. The van der Waals surface area contributed by atoms with Gasteiger partial charge in [-0.3, -0.25) is 4.79 Å². The summed E-state index contributed by atoms with van der Waals surface area (Å²) in [5.74, 6) is -1.29. The summed E-state index contributed by atoms with van der Waals surface area (Å²) in [5.41, 5.74) is 0.623. The van der Waals surface area contributed by atoms with E-state index in [0.29, 0.717) is 6.42 Å². The Morgan fingerprint density at radius 3 is 2.00 bits per heavy atom. The molecule has 0 spiro atoms. The van der Waals surface area contributed by atoms with Gasteiger partial charge in [-0.2, -0.15) is 0 Å². The molecular weight excluding hydrogens is 290 g/mol. The number of rotatable bonds is 7. The van der Waals surface area contributed by atoms with Crippen molar-refractivity contribution in [3.63, 3.8) is 0 Å². The monoisotopic (exact) mass is 311 g/mol. The molecular formula is C19H21NO3. The van der Waals surface area contributed by atoms with Gasteiger partial charge in [0.25, 0.3) is 0 Å². The van der Waals surface area contributed by atoms with Crippen molar-refractivity contribution < 1.29 is 14.7 Å². The van der Waals surface area contributed by atoms with Crippen LogP contribution in [0.2, 0.25) is 0 Å². The molecule has 1 unspecified atom stereocenters. The van der Waals surface area contributed by atoms with Gasteiger partial charge in [-0.05, 0) is 24.5 Å². The third-order valence-electron chi connectivity index (χ3n) is 3.77. The normalized spacial score (nSPS) is 13.1. The Hall–Kier alpha value is -2.62. The lowest BCUT2D eigenvalue weighted by Gasteiger charge is -2.26. The lowest BCUT2D eigenvalue weighted by atomic mass is 9.92. The van der Waals surface area contributed by atoms with E-state index >= 15 is 0 Å². The van der Waals surface area contributed by atoms with Gasteiger partial charge in [0.2, 0.25) is 5.91 Å². The number of hydrogen-bond donors (Lipinski definition) is 2. The Morgan fingerprint density at radius 2 is 1.48 bits per heavy atom. The van der Waals surface area contributed by atoms with E-state index in [1.807, 2.05) is 60.7 Å². The van der Waals surface area contributed by atoms with Crippen molar-refractivity contribution in [2.24, 2.45) is 0 Å². The predicted molar refractivity (Wildman–Crippen MR) is 89.1 cm³/mol. The standard InChI is InChI=1S/C19H21NO3/c1-19(18(22)23,14-16-10-6-3-7-11-16)20-17(21)13-12-15-8-4-2-5-9-15/h2-11H,12-14H2,1H3,(H,20,21)(H,22,23). The van der Waals surface area contributed by atoms with Crippen molar-refractivity contribution in [3.8, 4) is 0 Å². The molecule has 4 nitrogen and oxygen atoms in total. The van der Waals surface area contributed by atoms with Crippen molar-refractivity contribution in [1.82, 2.24) is 5.32 Å². The van der Waals surface area contributed by atoms with Crippen LogP contribution in [-0.2, 0) is 22.4 Å². The molecule has 0 saturated heterocycles. The van der Waals surface area contributed by atoms with Gasteiger partial charge in [0.05, 0.1) is 0 Å². The van der Waals surface area contributed by atoms with Crippen LogP contribution in [0.25, 0.3) is 0 Å². The van der Waals surface area contributed by atoms with Crippen LogP contribution in [0.4, 0.5) is 0 Å². The molecule has 0 saturated carbocycles. The maximum Gasteiger partial charge on any atom is 0.329 e. The zero-order valence-electron chi connectivity index (χ0n) is 13.2. The van der Waals surface area contributed by atoms with E-state index in [0.717, 1.165) is 11.1 Å². The number of hydrogen-bond acceptors (Lipinski definition) is 2. The lowest BCUT2D eigenvalue weighted by molar-refractivity contribution is -0.146. The predicted octanol–water partition coefficient (Wildman–Crippen LogP) is 2.82. The third-order valence-corrected chi connectivity index (χ3v) is 3.77. The highest BCUT2D eigenvalue weighted by atomic mass is 16.4. The molecule has 0 aliphatic rings. The van der Waals surface area contributed by atoms with Gasteiger partial charge in [-0.1, -0.05) is 60.7 Å². The summed E-state index contributed by atoms with van der Waals surface area (Å²) in [6, 6.07) is 19.0. The minimum atomic E-state index is -1.31. The second-order valence-corrected chi connectivity index (χ2v) is 5.83. The van der Waals surface area contributed by atoms with E-state index in [1.165, 1.54) is 0 Å². The number of benzene rings is 2.